The fourth-order valence-electron chi connectivity index (χ4n) is 10.3. The van der Waals surface area contributed by atoms with E-state index in [1.54, 1.807) is 72.4 Å². The first-order valence-electron chi connectivity index (χ1n) is 28.4. The van der Waals surface area contributed by atoms with Crippen LogP contribution in [0, 0.1) is 11.6 Å². The monoisotopic (exact) mass is 1160 g/mol. The van der Waals surface area contributed by atoms with Gasteiger partial charge in [-0.1, -0.05) is 60.7 Å². The largest absolute Gasteiger partial charge is 0.478 e. The molecule has 85 heavy (non-hydrogen) atoms. The van der Waals surface area contributed by atoms with Crippen LogP contribution in [-0.2, 0) is 40.4 Å². The van der Waals surface area contributed by atoms with Gasteiger partial charge in [-0.05, 0) is 162 Å². The summed E-state index contributed by atoms with van der Waals surface area (Å²) < 4.78 is 45.9. The van der Waals surface area contributed by atoms with Crippen molar-refractivity contribution in [2.24, 2.45) is 0 Å². The smallest absolute Gasteiger partial charge is 0.410 e. The standard InChI is InChI=1S/C34H40FN3O5.C33H38FN3O5/c1-23-20-37(15-16-38(23)33(41)43-34(2,3)4)22-24-9-7-10-26(17-24)29-18-25(13-14-30(29)35)21-36(5)31(39)27-11-8-12-28(19-27)32(40)42-6;1-22-19-36(14-15-37(22)32(41)42-33(2,3)4)21-23-8-6-9-25(16-23)28-17-24(12-13-29(28)34)20-35(5)30(38)26-10-7-11-27(18-26)31(39)40/h7-14,17-19,23H,15-16,20-22H2,1-6H3;6-13,16-18,22H,14-15,19-21H2,1-5H3,(H,39,40)/t23-;22-/m00/s1. The average molecular weight is 1170 g/mol. The number of hydrogen-bond donors (Lipinski definition) is 1. The fourth-order valence-corrected chi connectivity index (χ4v) is 10.3. The van der Waals surface area contributed by atoms with Crippen LogP contribution in [0.1, 0.15) is 119 Å². The summed E-state index contributed by atoms with van der Waals surface area (Å²) in [6.07, 6.45) is -0.591. The van der Waals surface area contributed by atoms with Crippen molar-refractivity contribution in [1.82, 2.24) is 29.4 Å². The second kappa shape index (κ2) is 27.9. The van der Waals surface area contributed by atoms with Crippen molar-refractivity contribution in [3.63, 3.8) is 0 Å². The van der Waals surface area contributed by atoms with Crippen molar-refractivity contribution in [3.05, 3.63) is 190 Å². The minimum Gasteiger partial charge on any atom is -0.478 e. The van der Waals surface area contributed by atoms with Crippen LogP contribution in [0.4, 0.5) is 18.4 Å². The Hall–Kier alpha value is -8.48. The first-order chi connectivity index (χ1) is 40.1. The van der Waals surface area contributed by atoms with E-state index in [9.17, 15) is 33.9 Å². The number of carboxylic acids is 1. The van der Waals surface area contributed by atoms with Gasteiger partial charge in [0.05, 0.1) is 18.2 Å². The predicted octanol–water partition coefficient (Wildman–Crippen LogP) is 11.9. The maximum Gasteiger partial charge on any atom is 0.410 e. The Balaban J connectivity index is 0.000000244. The maximum atomic E-state index is 15.1. The molecular formula is C67H78F2N6O10. The van der Waals surface area contributed by atoms with Crippen LogP contribution in [0.3, 0.4) is 0 Å². The molecule has 2 atom stereocenters. The molecule has 450 valence electrons. The molecule has 18 heteroatoms. The van der Waals surface area contributed by atoms with Gasteiger partial charge in [-0.15, -0.1) is 0 Å². The van der Waals surface area contributed by atoms with Gasteiger partial charge in [-0.2, -0.15) is 0 Å². The maximum absolute atomic E-state index is 15.1. The molecule has 4 amide bonds. The lowest BCUT2D eigenvalue weighted by molar-refractivity contribution is -0.000425. The van der Waals surface area contributed by atoms with Crippen LogP contribution in [0.25, 0.3) is 22.3 Å². The van der Waals surface area contributed by atoms with Gasteiger partial charge in [-0.25, -0.2) is 28.0 Å². The Bertz CT molecular complexity index is 3400. The molecule has 2 heterocycles. The molecule has 8 rings (SSSR count). The number of benzene rings is 6. The number of ether oxygens (including phenoxy) is 3. The van der Waals surface area contributed by atoms with E-state index >= 15 is 8.78 Å². The van der Waals surface area contributed by atoms with Crippen LogP contribution < -0.4 is 0 Å². The van der Waals surface area contributed by atoms with Crippen LogP contribution in [-0.4, -0.2) is 154 Å². The number of carbonyl (C=O) groups is 6. The van der Waals surface area contributed by atoms with Gasteiger partial charge >= 0.3 is 24.1 Å². The second-order valence-electron chi connectivity index (χ2n) is 23.8. The summed E-state index contributed by atoms with van der Waals surface area (Å²) in [5.41, 5.74) is 5.85. The van der Waals surface area contributed by atoms with Crippen molar-refractivity contribution in [1.29, 1.82) is 0 Å². The Morgan fingerprint density at radius 2 is 0.906 bits per heavy atom. The Kier molecular flexibility index (Phi) is 21.1. The summed E-state index contributed by atoms with van der Waals surface area (Å²) in [5, 5.41) is 9.23. The van der Waals surface area contributed by atoms with E-state index in [-0.39, 0.29) is 71.9 Å². The van der Waals surface area contributed by atoms with E-state index in [0.29, 0.717) is 74.6 Å². The lowest BCUT2D eigenvalue weighted by Crippen LogP contribution is -2.54. The minimum absolute atomic E-state index is 0.00258. The highest BCUT2D eigenvalue weighted by molar-refractivity contribution is 5.98. The van der Waals surface area contributed by atoms with E-state index in [4.69, 9.17) is 14.2 Å². The quantitative estimate of drug-likeness (QED) is 0.0810. The molecule has 0 saturated carbocycles. The predicted molar refractivity (Wildman–Crippen MR) is 322 cm³/mol. The van der Waals surface area contributed by atoms with Crippen molar-refractivity contribution in [2.45, 2.75) is 105 Å². The number of carboxylic acid groups (broad SMARTS) is 1. The van der Waals surface area contributed by atoms with Gasteiger partial charge in [-0.3, -0.25) is 19.4 Å². The van der Waals surface area contributed by atoms with Gasteiger partial charge in [0.15, 0.2) is 0 Å². The summed E-state index contributed by atoms with van der Waals surface area (Å²) >= 11 is 0. The number of aromatic carboxylic acids is 1. The number of rotatable bonds is 14. The number of methoxy groups -OCH3 is 1. The van der Waals surface area contributed by atoms with Gasteiger partial charge in [0.25, 0.3) is 11.8 Å². The molecule has 0 aliphatic carbocycles. The summed E-state index contributed by atoms with van der Waals surface area (Å²) in [5.74, 6) is -2.92. The van der Waals surface area contributed by atoms with Crippen LogP contribution in [0.15, 0.2) is 133 Å². The molecule has 6 aromatic rings. The number of nitrogens with zero attached hydrogens (tertiary/aromatic N) is 6. The average Bonchev–Trinajstić information content (AvgIpc) is 2.85. The summed E-state index contributed by atoms with van der Waals surface area (Å²) in [6.45, 7) is 21.0. The third-order valence-corrected chi connectivity index (χ3v) is 14.4. The lowest BCUT2D eigenvalue weighted by atomic mass is 9.99. The van der Waals surface area contributed by atoms with Gasteiger partial charge < -0.3 is 38.9 Å². The number of esters is 1. The molecular weight excluding hydrogens is 1090 g/mol. The van der Waals surface area contributed by atoms with E-state index in [1.165, 1.54) is 53.3 Å². The Labute approximate surface area is 497 Å². The highest BCUT2D eigenvalue weighted by Gasteiger charge is 2.33. The molecule has 16 nitrogen and oxygen atoms in total. The van der Waals surface area contributed by atoms with Gasteiger partial charge in [0, 0.05) is 114 Å². The molecule has 0 bridgehead atoms. The van der Waals surface area contributed by atoms with E-state index < -0.39 is 23.1 Å². The molecule has 0 spiro atoms. The lowest BCUT2D eigenvalue weighted by Gasteiger charge is -2.40. The van der Waals surface area contributed by atoms with Crippen molar-refractivity contribution >= 4 is 35.9 Å². The Morgan fingerprint density at radius 3 is 1.29 bits per heavy atom. The van der Waals surface area contributed by atoms with Crippen LogP contribution in [0.2, 0.25) is 0 Å². The van der Waals surface area contributed by atoms with Crippen molar-refractivity contribution < 1.29 is 56.9 Å². The number of hydrogen-bond acceptors (Lipinski definition) is 11. The first kappa shape index (κ1) is 64.1. The number of amides is 4. The minimum atomic E-state index is -1.10. The summed E-state index contributed by atoms with van der Waals surface area (Å²) in [4.78, 5) is 85.5. The zero-order chi connectivity index (χ0) is 61.9. The molecule has 2 fully saturated rings. The summed E-state index contributed by atoms with van der Waals surface area (Å²) in [7, 11) is 4.59. The van der Waals surface area contributed by atoms with E-state index in [2.05, 4.69) is 9.80 Å². The van der Waals surface area contributed by atoms with E-state index in [1.807, 2.05) is 104 Å². The molecule has 2 aliphatic heterocycles. The van der Waals surface area contributed by atoms with Crippen LogP contribution >= 0.6 is 0 Å². The molecule has 1 N–H and O–H groups in total. The van der Waals surface area contributed by atoms with Crippen molar-refractivity contribution in [3.8, 4) is 22.3 Å². The Morgan fingerprint density at radius 1 is 0.518 bits per heavy atom. The number of carbonyl (C=O) groups excluding carboxylic acids is 5. The molecule has 6 aromatic carbocycles. The normalized spacial score (nSPS) is 15.7. The second-order valence-corrected chi connectivity index (χ2v) is 23.8. The molecule has 2 aliphatic rings. The first-order valence-corrected chi connectivity index (χ1v) is 28.4. The molecule has 0 aromatic heterocycles. The van der Waals surface area contributed by atoms with Crippen LogP contribution in [0.5, 0.6) is 0 Å². The molecule has 2 saturated heterocycles. The highest BCUT2D eigenvalue weighted by Crippen LogP contribution is 2.29. The number of piperazine rings is 2. The number of halogens is 2. The summed E-state index contributed by atoms with van der Waals surface area (Å²) in [6, 6.07) is 37.5. The van der Waals surface area contributed by atoms with E-state index in [0.717, 1.165) is 33.4 Å². The third kappa shape index (κ3) is 17.8. The molecule has 0 radical (unpaired) electrons. The highest BCUT2D eigenvalue weighted by atomic mass is 19.1. The zero-order valence-corrected chi connectivity index (χ0v) is 50.5. The SMILES string of the molecule is COC(=O)c1cccc(C(=O)N(C)Cc2ccc(F)c(-c3cccc(CN4CCN(C(=O)OC(C)(C)C)[C@@H](C)C4)c3)c2)c1.C[C@H]1CN(Cc2cccc(-c3cc(CN(C)C(=O)c4cccc(C(=O)O)c4)ccc3F)c2)CCN1C(=O)OC(C)(C)C. The van der Waals surface area contributed by atoms with Gasteiger partial charge in [0.1, 0.15) is 22.8 Å². The zero-order valence-electron chi connectivity index (χ0n) is 50.5. The third-order valence-electron chi connectivity index (χ3n) is 14.4. The molecule has 0 unspecified atom stereocenters. The topological polar surface area (TPSA) is 170 Å². The fraction of sp³-hybridized carbons (Fsp3) is 0.373. The van der Waals surface area contributed by atoms with Crippen molar-refractivity contribution in [2.75, 3.05) is 60.5 Å². The van der Waals surface area contributed by atoms with Gasteiger partial charge in [0.2, 0.25) is 0 Å².